The molecule has 0 saturated heterocycles. The van der Waals surface area contributed by atoms with Crippen LogP contribution in [0.2, 0.25) is 0 Å². The molecule has 3 aromatic carbocycles. The molecule has 126 valence electrons. The quantitative estimate of drug-likeness (QED) is 0.553. The molecular formula is C20H17ClN2O2. The predicted molar refractivity (Wildman–Crippen MR) is 102 cm³/mol. The lowest BCUT2D eigenvalue weighted by Gasteiger charge is -2.06. The van der Waals surface area contributed by atoms with Gasteiger partial charge in [0.2, 0.25) is 0 Å². The van der Waals surface area contributed by atoms with Crippen molar-refractivity contribution in [2.24, 2.45) is 0 Å². The molecule has 0 spiro atoms. The Morgan fingerprint density at radius 2 is 0.880 bits per heavy atom. The van der Waals surface area contributed by atoms with Crippen molar-refractivity contribution in [2.45, 2.75) is 0 Å². The number of hydrogen-bond acceptors (Lipinski definition) is 4. The highest BCUT2D eigenvalue weighted by Gasteiger charge is 2.14. The van der Waals surface area contributed by atoms with Gasteiger partial charge in [-0.1, -0.05) is 42.5 Å². The molecule has 0 aliphatic heterocycles. The molecule has 4 nitrogen and oxygen atoms in total. The fourth-order valence-corrected chi connectivity index (χ4v) is 2.49. The minimum Gasteiger partial charge on any atom is -0.399 e. The van der Waals surface area contributed by atoms with Gasteiger partial charge in [0.25, 0.3) is 0 Å². The molecule has 3 rings (SSSR count). The van der Waals surface area contributed by atoms with E-state index < -0.39 is 0 Å². The lowest BCUT2D eigenvalue weighted by molar-refractivity contribution is 0.103. The summed E-state index contributed by atoms with van der Waals surface area (Å²) < 4.78 is 0. The first-order valence-electron chi connectivity index (χ1n) is 7.45. The third-order valence-electron chi connectivity index (χ3n) is 3.68. The SMILES string of the molecule is Cl.Nc1cccc(C(=O)c2cccc(C(=O)c3cccc(N)c3)c2)c1. The molecule has 0 heterocycles. The van der Waals surface area contributed by atoms with E-state index in [1.54, 1.807) is 72.8 Å². The van der Waals surface area contributed by atoms with Crippen LogP contribution in [0.25, 0.3) is 0 Å². The van der Waals surface area contributed by atoms with Gasteiger partial charge in [-0.05, 0) is 30.3 Å². The largest absolute Gasteiger partial charge is 0.399 e. The standard InChI is InChI=1S/C20H16N2O2.ClH/c21-17-8-2-6-15(11-17)19(23)13-4-1-5-14(10-13)20(24)16-7-3-9-18(22)12-16;/h1-12H,21-22H2;1H. The van der Waals surface area contributed by atoms with E-state index in [1.165, 1.54) is 0 Å². The van der Waals surface area contributed by atoms with Crippen molar-refractivity contribution in [3.63, 3.8) is 0 Å². The summed E-state index contributed by atoms with van der Waals surface area (Å²) in [5.41, 5.74) is 14.4. The van der Waals surface area contributed by atoms with E-state index in [2.05, 4.69) is 0 Å². The van der Waals surface area contributed by atoms with Crippen molar-refractivity contribution in [2.75, 3.05) is 11.5 Å². The molecule has 0 amide bonds. The molecule has 0 unspecified atom stereocenters. The van der Waals surface area contributed by atoms with E-state index in [-0.39, 0.29) is 24.0 Å². The van der Waals surface area contributed by atoms with Crippen molar-refractivity contribution in [1.82, 2.24) is 0 Å². The van der Waals surface area contributed by atoms with Gasteiger partial charge in [0.15, 0.2) is 11.6 Å². The second-order valence-corrected chi connectivity index (χ2v) is 5.49. The summed E-state index contributed by atoms with van der Waals surface area (Å²) in [5, 5.41) is 0. The maximum absolute atomic E-state index is 12.6. The molecule has 25 heavy (non-hydrogen) atoms. The van der Waals surface area contributed by atoms with Gasteiger partial charge < -0.3 is 11.5 Å². The predicted octanol–water partition coefficient (Wildman–Crippen LogP) is 3.73. The Bertz CT molecular complexity index is 865. The van der Waals surface area contributed by atoms with Gasteiger partial charge in [-0.3, -0.25) is 9.59 Å². The number of hydrogen-bond donors (Lipinski definition) is 2. The van der Waals surface area contributed by atoms with Crippen LogP contribution in [0.3, 0.4) is 0 Å². The van der Waals surface area contributed by atoms with Crippen molar-refractivity contribution >= 4 is 35.3 Å². The second kappa shape index (κ2) is 7.64. The number of carbonyl (C=O) groups is 2. The van der Waals surface area contributed by atoms with Gasteiger partial charge >= 0.3 is 0 Å². The number of nitrogen functional groups attached to an aromatic ring is 2. The van der Waals surface area contributed by atoms with E-state index in [9.17, 15) is 9.59 Å². The second-order valence-electron chi connectivity index (χ2n) is 5.49. The molecule has 0 aliphatic rings. The van der Waals surface area contributed by atoms with E-state index >= 15 is 0 Å². The maximum atomic E-state index is 12.6. The average Bonchev–Trinajstić information content (AvgIpc) is 2.60. The molecule has 0 saturated carbocycles. The minimum absolute atomic E-state index is 0. The van der Waals surface area contributed by atoms with E-state index in [1.807, 2.05) is 0 Å². The van der Waals surface area contributed by atoms with Crippen LogP contribution in [0.15, 0.2) is 72.8 Å². The summed E-state index contributed by atoms with van der Waals surface area (Å²) in [5.74, 6) is -0.353. The van der Waals surface area contributed by atoms with Gasteiger partial charge in [-0.15, -0.1) is 12.4 Å². The summed E-state index contributed by atoms with van der Waals surface area (Å²) in [6, 6.07) is 20.2. The van der Waals surface area contributed by atoms with E-state index in [0.717, 1.165) is 0 Å². The Morgan fingerprint density at radius 3 is 1.24 bits per heavy atom. The first-order chi connectivity index (χ1) is 11.5. The van der Waals surface area contributed by atoms with Gasteiger partial charge in [-0.2, -0.15) is 0 Å². The van der Waals surface area contributed by atoms with E-state index in [0.29, 0.717) is 33.6 Å². The van der Waals surface area contributed by atoms with Crippen LogP contribution in [0, 0.1) is 0 Å². The van der Waals surface area contributed by atoms with E-state index in [4.69, 9.17) is 11.5 Å². The Balaban J connectivity index is 0.00000225. The maximum Gasteiger partial charge on any atom is 0.193 e. The topological polar surface area (TPSA) is 86.2 Å². The molecule has 0 fully saturated rings. The zero-order valence-corrected chi connectivity index (χ0v) is 14.1. The van der Waals surface area contributed by atoms with Crippen LogP contribution in [0.1, 0.15) is 31.8 Å². The number of nitrogens with two attached hydrogens (primary N) is 2. The molecule has 3 aromatic rings. The zero-order valence-electron chi connectivity index (χ0n) is 13.3. The molecule has 0 bridgehead atoms. The Kier molecular flexibility index (Phi) is 5.57. The van der Waals surface area contributed by atoms with Crippen LogP contribution in [-0.4, -0.2) is 11.6 Å². The van der Waals surface area contributed by atoms with Gasteiger partial charge in [-0.25, -0.2) is 0 Å². The molecule has 0 radical (unpaired) electrons. The summed E-state index contributed by atoms with van der Waals surface area (Å²) in [7, 11) is 0. The van der Waals surface area contributed by atoms with Crippen molar-refractivity contribution in [3.05, 3.63) is 95.1 Å². The summed E-state index contributed by atoms with van der Waals surface area (Å²) in [6.45, 7) is 0. The Labute approximate surface area is 151 Å². The Hall–Kier alpha value is -3.11. The number of anilines is 2. The van der Waals surface area contributed by atoms with Crippen LogP contribution in [0.5, 0.6) is 0 Å². The van der Waals surface area contributed by atoms with Gasteiger partial charge in [0, 0.05) is 33.6 Å². The van der Waals surface area contributed by atoms with Crippen LogP contribution >= 0.6 is 12.4 Å². The first-order valence-corrected chi connectivity index (χ1v) is 7.45. The smallest absolute Gasteiger partial charge is 0.193 e. The van der Waals surface area contributed by atoms with Gasteiger partial charge in [0.1, 0.15) is 0 Å². The lowest BCUT2D eigenvalue weighted by Crippen LogP contribution is -2.06. The lowest BCUT2D eigenvalue weighted by atomic mass is 9.97. The number of benzene rings is 3. The average molecular weight is 353 g/mol. The summed E-state index contributed by atoms with van der Waals surface area (Å²) in [6.07, 6.45) is 0. The third kappa shape index (κ3) is 4.05. The highest BCUT2D eigenvalue weighted by atomic mass is 35.5. The first kappa shape index (κ1) is 18.2. The van der Waals surface area contributed by atoms with Crippen molar-refractivity contribution in [3.8, 4) is 0 Å². The molecule has 0 aromatic heterocycles. The Morgan fingerprint density at radius 1 is 0.560 bits per heavy atom. The minimum atomic E-state index is -0.176. The molecule has 0 aliphatic carbocycles. The third-order valence-corrected chi connectivity index (χ3v) is 3.68. The molecule has 0 atom stereocenters. The molecule has 4 N–H and O–H groups in total. The van der Waals surface area contributed by atoms with Crippen molar-refractivity contribution in [1.29, 1.82) is 0 Å². The molecular weight excluding hydrogens is 336 g/mol. The number of carbonyl (C=O) groups excluding carboxylic acids is 2. The summed E-state index contributed by atoms with van der Waals surface area (Å²) in [4.78, 5) is 25.2. The monoisotopic (exact) mass is 352 g/mol. The number of halogens is 1. The zero-order chi connectivity index (χ0) is 17.1. The van der Waals surface area contributed by atoms with Crippen molar-refractivity contribution < 1.29 is 9.59 Å². The fraction of sp³-hybridized carbons (Fsp3) is 0. The summed E-state index contributed by atoms with van der Waals surface area (Å²) >= 11 is 0. The van der Waals surface area contributed by atoms with Gasteiger partial charge in [0.05, 0.1) is 0 Å². The molecule has 5 heteroatoms. The highest BCUT2D eigenvalue weighted by Crippen LogP contribution is 2.17. The van der Waals surface area contributed by atoms with Crippen LogP contribution < -0.4 is 11.5 Å². The van der Waals surface area contributed by atoms with Crippen LogP contribution in [-0.2, 0) is 0 Å². The highest BCUT2D eigenvalue weighted by molar-refractivity contribution is 6.13. The normalized spacial score (nSPS) is 9.92. The number of ketones is 2. The van der Waals surface area contributed by atoms with Crippen LogP contribution in [0.4, 0.5) is 11.4 Å². The number of rotatable bonds is 4. The fourth-order valence-electron chi connectivity index (χ4n) is 2.49.